The summed E-state index contributed by atoms with van der Waals surface area (Å²) >= 11 is 5.58. The Morgan fingerprint density at radius 1 is 1.71 bits per heavy atom. The lowest BCUT2D eigenvalue weighted by Crippen LogP contribution is -2.36. The molecule has 1 N–H and O–H groups in total. The molecule has 1 aromatic rings. The highest BCUT2D eigenvalue weighted by Crippen LogP contribution is 2.05. The Kier molecular flexibility index (Phi) is 4.96. The number of amides is 1. The van der Waals surface area contributed by atoms with E-state index < -0.39 is 12.1 Å². The van der Waals surface area contributed by atoms with Gasteiger partial charge in [0.2, 0.25) is 6.23 Å². The van der Waals surface area contributed by atoms with Crippen molar-refractivity contribution < 1.29 is 9.53 Å². The van der Waals surface area contributed by atoms with Gasteiger partial charge in [-0.1, -0.05) is 17.5 Å². The standard InChI is InChI=1S/C11H8ClN3O2/c1-2-5-17-10(6-13)15-11(16)8-3-4-9(12)14-7-8/h1,3-4,7,10H,5H2,(H,15,16). The summed E-state index contributed by atoms with van der Waals surface area (Å²) in [5.74, 6) is 1.71. The lowest BCUT2D eigenvalue weighted by Gasteiger charge is -2.10. The summed E-state index contributed by atoms with van der Waals surface area (Å²) < 4.78 is 4.88. The highest BCUT2D eigenvalue weighted by molar-refractivity contribution is 6.29. The fourth-order valence-electron chi connectivity index (χ4n) is 0.955. The topological polar surface area (TPSA) is 75.0 Å². The lowest BCUT2D eigenvalue weighted by molar-refractivity contribution is 0.0685. The van der Waals surface area contributed by atoms with E-state index in [1.807, 2.05) is 0 Å². The molecule has 0 fully saturated rings. The third-order valence-electron chi connectivity index (χ3n) is 1.70. The van der Waals surface area contributed by atoms with Crippen molar-refractivity contribution in [3.63, 3.8) is 0 Å². The molecular formula is C11H8ClN3O2. The number of terminal acetylenes is 1. The van der Waals surface area contributed by atoms with E-state index in [1.54, 1.807) is 6.07 Å². The molecule has 1 amide bonds. The van der Waals surface area contributed by atoms with E-state index in [0.717, 1.165) is 0 Å². The Morgan fingerprint density at radius 3 is 3.00 bits per heavy atom. The van der Waals surface area contributed by atoms with Crippen molar-refractivity contribution in [2.75, 3.05) is 6.61 Å². The first-order chi connectivity index (χ1) is 8.17. The maximum absolute atomic E-state index is 11.6. The van der Waals surface area contributed by atoms with Crippen molar-refractivity contribution in [1.82, 2.24) is 10.3 Å². The van der Waals surface area contributed by atoms with Gasteiger partial charge < -0.3 is 10.1 Å². The van der Waals surface area contributed by atoms with Gasteiger partial charge in [-0.25, -0.2) is 4.98 Å². The number of aromatic nitrogens is 1. The summed E-state index contributed by atoms with van der Waals surface area (Å²) in [5.41, 5.74) is 0.277. The van der Waals surface area contributed by atoms with Crippen LogP contribution in [0.4, 0.5) is 0 Å². The van der Waals surface area contributed by atoms with Crippen LogP contribution in [0.1, 0.15) is 10.4 Å². The van der Waals surface area contributed by atoms with Crippen LogP contribution in [0.15, 0.2) is 18.3 Å². The van der Waals surface area contributed by atoms with Gasteiger partial charge >= 0.3 is 0 Å². The fraction of sp³-hybridized carbons (Fsp3) is 0.182. The van der Waals surface area contributed by atoms with Crippen LogP contribution in [0.5, 0.6) is 0 Å². The molecule has 0 aliphatic carbocycles. The average Bonchev–Trinajstić information content (AvgIpc) is 2.35. The maximum atomic E-state index is 11.6. The van der Waals surface area contributed by atoms with Gasteiger partial charge in [-0.15, -0.1) is 6.42 Å². The summed E-state index contributed by atoms with van der Waals surface area (Å²) in [4.78, 5) is 15.4. The Balaban J connectivity index is 2.62. The first kappa shape index (κ1) is 13.0. The smallest absolute Gasteiger partial charge is 0.255 e. The molecule has 0 aromatic carbocycles. The molecule has 5 nitrogen and oxygen atoms in total. The third-order valence-corrected chi connectivity index (χ3v) is 1.93. The van der Waals surface area contributed by atoms with E-state index in [-0.39, 0.29) is 17.3 Å². The van der Waals surface area contributed by atoms with Crippen LogP contribution in [0.25, 0.3) is 0 Å². The second-order valence-electron chi connectivity index (χ2n) is 2.87. The van der Waals surface area contributed by atoms with Gasteiger partial charge in [0.25, 0.3) is 5.91 Å². The van der Waals surface area contributed by atoms with Crippen molar-refractivity contribution in [2.24, 2.45) is 0 Å². The van der Waals surface area contributed by atoms with Gasteiger partial charge in [0.15, 0.2) is 0 Å². The number of hydrogen-bond donors (Lipinski definition) is 1. The maximum Gasteiger partial charge on any atom is 0.255 e. The Labute approximate surface area is 103 Å². The summed E-state index contributed by atoms with van der Waals surface area (Å²) in [6.07, 6.45) is 5.18. The molecule has 0 bridgehead atoms. The number of halogens is 1. The van der Waals surface area contributed by atoms with E-state index in [9.17, 15) is 4.79 Å². The van der Waals surface area contributed by atoms with Gasteiger partial charge in [-0.05, 0) is 12.1 Å². The number of pyridine rings is 1. The number of nitrogens with one attached hydrogen (secondary N) is 1. The van der Waals surface area contributed by atoms with Crippen LogP contribution in [-0.2, 0) is 4.74 Å². The molecular weight excluding hydrogens is 242 g/mol. The lowest BCUT2D eigenvalue weighted by atomic mass is 10.2. The van der Waals surface area contributed by atoms with Gasteiger partial charge in [0.1, 0.15) is 17.8 Å². The molecule has 0 spiro atoms. The molecule has 6 heteroatoms. The molecule has 0 aliphatic heterocycles. The molecule has 0 saturated carbocycles. The van der Waals surface area contributed by atoms with Gasteiger partial charge in [-0.3, -0.25) is 4.79 Å². The molecule has 1 rings (SSSR count). The summed E-state index contributed by atoms with van der Waals surface area (Å²) in [5, 5.41) is 11.3. The summed E-state index contributed by atoms with van der Waals surface area (Å²) in [6, 6.07) is 4.71. The average molecular weight is 250 g/mol. The van der Waals surface area contributed by atoms with E-state index in [4.69, 9.17) is 28.0 Å². The van der Waals surface area contributed by atoms with Gasteiger partial charge in [0, 0.05) is 6.20 Å². The third kappa shape index (κ3) is 4.12. The van der Waals surface area contributed by atoms with Crippen LogP contribution in [-0.4, -0.2) is 23.7 Å². The molecule has 0 radical (unpaired) electrons. The zero-order valence-electron chi connectivity index (χ0n) is 8.68. The van der Waals surface area contributed by atoms with Crippen LogP contribution in [0.3, 0.4) is 0 Å². The Hall–Kier alpha value is -2.08. The number of rotatable bonds is 4. The monoisotopic (exact) mass is 249 g/mol. The SMILES string of the molecule is C#CCOC(C#N)NC(=O)c1ccc(Cl)nc1. The largest absolute Gasteiger partial charge is 0.333 e. The van der Waals surface area contributed by atoms with Crippen LogP contribution < -0.4 is 5.32 Å². The van der Waals surface area contributed by atoms with Crippen molar-refractivity contribution >= 4 is 17.5 Å². The number of ether oxygens (including phenoxy) is 1. The van der Waals surface area contributed by atoms with E-state index in [0.29, 0.717) is 0 Å². The Bertz CT molecular complexity index is 473. The van der Waals surface area contributed by atoms with Crippen molar-refractivity contribution in [2.45, 2.75) is 6.23 Å². The molecule has 0 saturated heterocycles. The second-order valence-corrected chi connectivity index (χ2v) is 3.25. The molecule has 1 aromatic heterocycles. The predicted octanol–water partition coefficient (Wildman–Crippen LogP) is 0.964. The summed E-state index contributed by atoms with van der Waals surface area (Å²) in [6.45, 7) is -0.0582. The molecule has 1 unspecified atom stereocenters. The molecule has 1 heterocycles. The number of hydrogen-bond acceptors (Lipinski definition) is 4. The van der Waals surface area contributed by atoms with Gasteiger partial charge in [-0.2, -0.15) is 5.26 Å². The normalized spacial score (nSPS) is 11.0. The zero-order chi connectivity index (χ0) is 12.7. The number of carbonyl (C=O) groups is 1. The second kappa shape index (κ2) is 6.49. The minimum atomic E-state index is -1.09. The summed E-state index contributed by atoms with van der Waals surface area (Å²) in [7, 11) is 0. The minimum absolute atomic E-state index is 0.0582. The number of nitrogens with zero attached hydrogens (tertiary/aromatic N) is 2. The first-order valence-electron chi connectivity index (χ1n) is 4.54. The van der Waals surface area contributed by atoms with E-state index in [2.05, 4.69) is 16.2 Å². The van der Waals surface area contributed by atoms with Gasteiger partial charge in [0.05, 0.1) is 5.56 Å². The highest BCUT2D eigenvalue weighted by Gasteiger charge is 2.13. The fourth-order valence-corrected chi connectivity index (χ4v) is 1.07. The zero-order valence-corrected chi connectivity index (χ0v) is 9.44. The molecule has 1 atom stereocenters. The highest BCUT2D eigenvalue weighted by atomic mass is 35.5. The van der Waals surface area contributed by atoms with Crippen molar-refractivity contribution in [3.8, 4) is 18.4 Å². The van der Waals surface area contributed by atoms with Crippen molar-refractivity contribution in [1.29, 1.82) is 5.26 Å². The number of carbonyl (C=O) groups excluding carboxylic acids is 1. The molecule has 86 valence electrons. The van der Waals surface area contributed by atoms with E-state index >= 15 is 0 Å². The van der Waals surface area contributed by atoms with Crippen LogP contribution in [0, 0.1) is 23.7 Å². The van der Waals surface area contributed by atoms with Crippen LogP contribution >= 0.6 is 11.6 Å². The van der Waals surface area contributed by atoms with E-state index in [1.165, 1.54) is 18.3 Å². The quantitative estimate of drug-likeness (QED) is 0.490. The first-order valence-corrected chi connectivity index (χ1v) is 4.92. The Morgan fingerprint density at radius 2 is 2.47 bits per heavy atom. The minimum Gasteiger partial charge on any atom is -0.333 e. The molecule has 17 heavy (non-hydrogen) atoms. The van der Waals surface area contributed by atoms with Crippen LogP contribution in [0.2, 0.25) is 5.15 Å². The number of nitriles is 1. The molecule has 0 aliphatic rings. The predicted molar refractivity (Wildman–Crippen MR) is 60.9 cm³/mol. The van der Waals surface area contributed by atoms with Crippen molar-refractivity contribution in [3.05, 3.63) is 29.0 Å².